The maximum Gasteiger partial charge on any atom is 0.263 e. The number of nitrogens with one attached hydrogen (secondary N) is 1. The van der Waals surface area contributed by atoms with Gasteiger partial charge in [0.05, 0.1) is 11.1 Å². The molecule has 31 heavy (non-hydrogen) atoms. The van der Waals surface area contributed by atoms with Crippen LogP contribution in [0.3, 0.4) is 0 Å². The Hall–Kier alpha value is -2.09. The Morgan fingerprint density at radius 2 is 2.16 bits per heavy atom. The summed E-state index contributed by atoms with van der Waals surface area (Å²) in [5.41, 5.74) is 2.10. The molecule has 0 fully saturated rings. The SMILES string of the molecule is C=CCn1c(SCC(=O)NCc2cccc(Cl)c2)nc2sc3c(c2c1=O)CCCCC3. The first kappa shape index (κ1) is 22.1. The highest BCUT2D eigenvalue weighted by atomic mass is 35.5. The molecule has 0 saturated carbocycles. The van der Waals surface area contributed by atoms with E-state index in [1.54, 1.807) is 28.0 Å². The van der Waals surface area contributed by atoms with Gasteiger partial charge in [0.25, 0.3) is 5.56 Å². The van der Waals surface area contributed by atoms with Crippen molar-refractivity contribution >= 4 is 50.8 Å². The van der Waals surface area contributed by atoms with E-state index in [1.807, 2.05) is 18.2 Å². The molecule has 0 unspecified atom stereocenters. The Balaban J connectivity index is 1.54. The Bertz CT molecular complexity index is 1190. The lowest BCUT2D eigenvalue weighted by atomic mass is 10.1. The van der Waals surface area contributed by atoms with E-state index in [9.17, 15) is 9.59 Å². The average molecular weight is 474 g/mol. The summed E-state index contributed by atoms with van der Waals surface area (Å²) in [6, 6.07) is 7.40. The van der Waals surface area contributed by atoms with Crippen LogP contribution in [-0.4, -0.2) is 21.2 Å². The van der Waals surface area contributed by atoms with Gasteiger partial charge in [-0.15, -0.1) is 17.9 Å². The predicted octanol–water partition coefficient (Wildman–Crippen LogP) is 4.97. The van der Waals surface area contributed by atoms with Crippen LogP contribution in [0.15, 0.2) is 46.9 Å². The smallest absolute Gasteiger partial charge is 0.263 e. The van der Waals surface area contributed by atoms with E-state index in [2.05, 4.69) is 11.9 Å². The number of thiophene rings is 1. The van der Waals surface area contributed by atoms with E-state index in [4.69, 9.17) is 16.6 Å². The average Bonchev–Trinajstić information content (AvgIpc) is 2.94. The zero-order valence-electron chi connectivity index (χ0n) is 17.2. The van der Waals surface area contributed by atoms with Gasteiger partial charge in [-0.2, -0.15) is 0 Å². The number of hydrogen-bond donors (Lipinski definition) is 1. The van der Waals surface area contributed by atoms with Crippen molar-refractivity contribution in [1.29, 1.82) is 0 Å². The maximum absolute atomic E-state index is 13.3. The molecule has 0 radical (unpaired) electrons. The molecule has 0 aliphatic heterocycles. The summed E-state index contributed by atoms with van der Waals surface area (Å²) in [6.07, 6.45) is 7.14. The molecule has 1 N–H and O–H groups in total. The lowest BCUT2D eigenvalue weighted by Crippen LogP contribution is -2.26. The number of nitrogens with zero attached hydrogens (tertiary/aromatic N) is 2. The molecule has 8 heteroatoms. The largest absolute Gasteiger partial charge is 0.351 e. The molecule has 0 saturated heterocycles. The molecule has 2 heterocycles. The summed E-state index contributed by atoms with van der Waals surface area (Å²) in [4.78, 5) is 32.6. The Labute approximate surface area is 194 Å². The number of rotatable bonds is 7. The van der Waals surface area contributed by atoms with E-state index in [-0.39, 0.29) is 17.2 Å². The molecule has 162 valence electrons. The summed E-state index contributed by atoms with van der Waals surface area (Å²) < 4.78 is 1.64. The summed E-state index contributed by atoms with van der Waals surface area (Å²) in [5.74, 6) is 0.0623. The van der Waals surface area contributed by atoms with Gasteiger partial charge in [-0.05, 0) is 48.9 Å². The molecule has 0 spiro atoms. The third kappa shape index (κ3) is 5.05. The number of hydrogen-bond acceptors (Lipinski definition) is 5. The van der Waals surface area contributed by atoms with Crippen molar-refractivity contribution in [2.45, 2.75) is 50.4 Å². The molecule has 1 aliphatic carbocycles. The van der Waals surface area contributed by atoms with E-state index in [1.165, 1.54) is 28.6 Å². The molecule has 1 aliphatic rings. The van der Waals surface area contributed by atoms with Crippen LogP contribution in [0.1, 0.15) is 35.3 Å². The number of fused-ring (bicyclic) bond motifs is 3. The van der Waals surface area contributed by atoms with Crippen molar-refractivity contribution in [3.8, 4) is 0 Å². The molecule has 2 aromatic heterocycles. The first-order chi connectivity index (χ1) is 15.1. The number of carbonyl (C=O) groups excluding carboxylic acids is 1. The van der Waals surface area contributed by atoms with Crippen LogP contribution < -0.4 is 10.9 Å². The fraction of sp³-hybridized carbons (Fsp3) is 0.348. The first-order valence-electron chi connectivity index (χ1n) is 10.4. The number of aryl methyl sites for hydroxylation is 2. The van der Waals surface area contributed by atoms with Crippen molar-refractivity contribution in [3.63, 3.8) is 0 Å². The minimum atomic E-state index is -0.119. The number of benzene rings is 1. The number of aromatic nitrogens is 2. The highest BCUT2D eigenvalue weighted by molar-refractivity contribution is 7.99. The second kappa shape index (κ2) is 10.0. The minimum Gasteiger partial charge on any atom is -0.351 e. The Morgan fingerprint density at radius 3 is 2.97 bits per heavy atom. The second-order valence-corrected chi connectivity index (χ2v) is 10.0. The highest BCUT2D eigenvalue weighted by Crippen LogP contribution is 2.34. The number of halogens is 1. The molecule has 0 atom stereocenters. The van der Waals surface area contributed by atoms with Crippen LogP contribution in [-0.2, 0) is 30.7 Å². The van der Waals surface area contributed by atoms with Crippen LogP contribution in [0.5, 0.6) is 0 Å². The minimum absolute atomic E-state index is 0.0221. The molecular formula is C23H24ClN3O2S2. The first-order valence-corrected chi connectivity index (χ1v) is 12.5. The Kier molecular flexibility index (Phi) is 7.15. The summed E-state index contributed by atoms with van der Waals surface area (Å²) in [7, 11) is 0. The van der Waals surface area contributed by atoms with Crippen LogP contribution in [0, 0.1) is 0 Å². The number of amides is 1. The van der Waals surface area contributed by atoms with Gasteiger partial charge in [0.2, 0.25) is 5.91 Å². The lowest BCUT2D eigenvalue weighted by Gasteiger charge is -2.11. The van der Waals surface area contributed by atoms with Crippen molar-refractivity contribution in [2.75, 3.05) is 5.75 Å². The van der Waals surface area contributed by atoms with Gasteiger partial charge in [-0.25, -0.2) is 4.98 Å². The van der Waals surface area contributed by atoms with Crippen LogP contribution in [0.2, 0.25) is 5.02 Å². The molecule has 4 rings (SSSR count). The fourth-order valence-electron chi connectivity index (χ4n) is 3.83. The topological polar surface area (TPSA) is 64.0 Å². The van der Waals surface area contributed by atoms with Crippen LogP contribution in [0.4, 0.5) is 0 Å². The van der Waals surface area contributed by atoms with Gasteiger partial charge in [0, 0.05) is 23.0 Å². The van der Waals surface area contributed by atoms with Crippen LogP contribution in [0.25, 0.3) is 10.2 Å². The summed E-state index contributed by atoms with van der Waals surface area (Å²) >= 11 is 8.91. The fourth-order valence-corrected chi connectivity index (χ4v) is 6.18. The zero-order valence-corrected chi connectivity index (χ0v) is 19.5. The number of thioether (sulfide) groups is 1. The molecule has 1 aromatic carbocycles. The molecular weight excluding hydrogens is 450 g/mol. The lowest BCUT2D eigenvalue weighted by molar-refractivity contribution is -0.118. The summed E-state index contributed by atoms with van der Waals surface area (Å²) in [6.45, 7) is 4.57. The van der Waals surface area contributed by atoms with E-state index in [0.29, 0.717) is 23.3 Å². The van der Waals surface area contributed by atoms with Gasteiger partial charge in [-0.1, -0.05) is 48.0 Å². The van der Waals surface area contributed by atoms with Crippen molar-refractivity contribution in [2.24, 2.45) is 0 Å². The number of allylic oxidation sites excluding steroid dienone is 1. The zero-order chi connectivity index (χ0) is 21.8. The molecule has 5 nitrogen and oxygen atoms in total. The van der Waals surface area contributed by atoms with Crippen molar-refractivity contribution < 1.29 is 4.79 Å². The summed E-state index contributed by atoms with van der Waals surface area (Å²) in [5, 5.41) is 4.86. The van der Waals surface area contributed by atoms with Crippen molar-refractivity contribution in [1.82, 2.24) is 14.9 Å². The van der Waals surface area contributed by atoms with Gasteiger partial charge in [-0.3, -0.25) is 14.2 Å². The van der Waals surface area contributed by atoms with Gasteiger partial charge in [0.15, 0.2) is 5.16 Å². The van der Waals surface area contributed by atoms with Gasteiger partial charge < -0.3 is 5.32 Å². The molecule has 1 amide bonds. The standard InChI is InChI=1S/C23H24ClN3O2S2/c1-2-11-27-22(29)20-17-9-4-3-5-10-18(17)31-21(20)26-23(27)30-14-19(28)25-13-15-7-6-8-16(24)12-15/h2,6-8,12H,1,3-5,9-11,13-14H2,(H,25,28). The highest BCUT2D eigenvalue weighted by Gasteiger charge is 2.21. The van der Waals surface area contributed by atoms with Gasteiger partial charge in [0.1, 0.15) is 4.83 Å². The van der Waals surface area contributed by atoms with E-state index in [0.717, 1.165) is 41.5 Å². The number of carbonyl (C=O) groups is 1. The third-order valence-corrected chi connectivity index (χ3v) is 7.71. The van der Waals surface area contributed by atoms with E-state index < -0.39 is 0 Å². The molecule has 3 aromatic rings. The van der Waals surface area contributed by atoms with Gasteiger partial charge >= 0.3 is 0 Å². The maximum atomic E-state index is 13.3. The predicted molar refractivity (Wildman–Crippen MR) is 129 cm³/mol. The quantitative estimate of drug-likeness (QED) is 0.227. The normalized spacial score (nSPS) is 13.6. The second-order valence-electron chi connectivity index (χ2n) is 7.54. The third-order valence-electron chi connectivity index (χ3n) is 5.31. The Morgan fingerprint density at radius 1 is 1.32 bits per heavy atom. The molecule has 0 bridgehead atoms. The van der Waals surface area contributed by atoms with Crippen LogP contribution >= 0.6 is 34.7 Å². The monoisotopic (exact) mass is 473 g/mol. The van der Waals surface area contributed by atoms with Crippen molar-refractivity contribution in [3.05, 3.63) is 68.3 Å². The van der Waals surface area contributed by atoms with E-state index >= 15 is 0 Å².